The minimum Gasteiger partial charge on any atom is -0.319 e. The van der Waals surface area contributed by atoms with E-state index in [-0.39, 0.29) is 5.82 Å². The summed E-state index contributed by atoms with van der Waals surface area (Å²) in [5.41, 5.74) is 1.89. The van der Waals surface area contributed by atoms with Crippen molar-refractivity contribution in [2.24, 2.45) is 0 Å². The van der Waals surface area contributed by atoms with Crippen LogP contribution in [0.25, 0.3) is 11.3 Å². The van der Waals surface area contributed by atoms with Gasteiger partial charge in [-0.25, -0.2) is 9.37 Å². The van der Waals surface area contributed by atoms with E-state index in [1.54, 1.807) is 23.5 Å². The van der Waals surface area contributed by atoms with E-state index in [1.807, 2.05) is 12.4 Å². The zero-order chi connectivity index (χ0) is 12.3. The summed E-state index contributed by atoms with van der Waals surface area (Å²) in [7, 11) is 1.94. The number of aromatic nitrogens is 1. The first-order valence-electron chi connectivity index (χ1n) is 5.56. The highest BCUT2D eigenvalue weighted by atomic mass is 32.1. The van der Waals surface area contributed by atoms with Gasteiger partial charge in [0, 0.05) is 23.4 Å². The molecule has 2 nitrogen and oxygen atoms in total. The Labute approximate surface area is 105 Å². The summed E-state index contributed by atoms with van der Waals surface area (Å²) in [6.45, 7) is 3.06. The largest absolute Gasteiger partial charge is 0.319 e. The summed E-state index contributed by atoms with van der Waals surface area (Å²) >= 11 is 1.65. The molecule has 1 aromatic heterocycles. The molecule has 1 heterocycles. The number of thiazole rings is 1. The van der Waals surface area contributed by atoms with Crippen molar-refractivity contribution >= 4 is 11.3 Å². The van der Waals surface area contributed by atoms with Crippen LogP contribution in [-0.4, -0.2) is 18.6 Å². The quantitative estimate of drug-likeness (QED) is 0.900. The minimum absolute atomic E-state index is 0.215. The normalized spacial score (nSPS) is 12.6. The highest BCUT2D eigenvalue weighted by molar-refractivity contribution is 7.10. The molecule has 1 N–H and O–H groups in total. The molecule has 0 fully saturated rings. The van der Waals surface area contributed by atoms with Crippen LogP contribution in [0.4, 0.5) is 4.39 Å². The van der Waals surface area contributed by atoms with Crippen LogP contribution in [-0.2, 0) is 0 Å². The first-order valence-corrected chi connectivity index (χ1v) is 6.44. The number of hydrogen-bond donors (Lipinski definition) is 1. The lowest BCUT2D eigenvalue weighted by Gasteiger charge is -2.05. The molecule has 0 radical (unpaired) electrons. The van der Waals surface area contributed by atoms with Gasteiger partial charge >= 0.3 is 0 Å². The Bertz CT molecular complexity index is 478. The third-order valence-corrected chi connectivity index (χ3v) is 3.67. The molecule has 0 aliphatic carbocycles. The van der Waals surface area contributed by atoms with Crippen LogP contribution in [0.15, 0.2) is 29.6 Å². The van der Waals surface area contributed by atoms with E-state index in [0.29, 0.717) is 5.92 Å². The molecular weight excluding hydrogens is 235 g/mol. The Morgan fingerprint density at radius 1 is 1.35 bits per heavy atom. The Morgan fingerprint density at radius 3 is 2.71 bits per heavy atom. The van der Waals surface area contributed by atoms with E-state index in [0.717, 1.165) is 22.8 Å². The highest BCUT2D eigenvalue weighted by Crippen LogP contribution is 2.26. The van der Waals surface area contributed by atoms with Gasteiger partial charge in [-0.1, -0.05) is 6.92 Å². The second kappa shape index (κ2) is 5.38. The molecule has 2 rings (SSSR count). The third-order valence-electron chi connectivity index (χ3n) is 2.59. The monoisotopic (exact) mass is 250 g/mol. The second-order valence-corrected chi connectivity index (χ2v) is 4.93. The van der Waals surface area contributed by atoms with E-state index in [4.69, 9.17) is 0 Å². The minimum atomic E-state index is -0.215. The molecule has 1 atom stereocenters. The second-order valence-electron chi connectivity index (χ2n) is 4.04. The number of nitrogens with one attached hydrogen (secondary N) is 1. The van der Waals surface area contributed by atoms with Gasteiger partial charge < -0.3 is 5.32 Å². The van der Waals surface area contributed by atoms with Crippen molar-refractivity contribution < 1.29 is 4.39 Å². The van der Waals surface area contributed by atoms with Gasteiger partial charge in [-0.2, -0.15) is 0 Å². The lowest BCUT2D eigenvalue weighted by Crippen LogP contribution is -2.14. The van der Waals surface area contributed by atoms with Gasteiger partial charge in [0.05, 0.1) is 10.7 Å². The first kappa shape index (κ1) is 12.2. The van der Waals surface area contributed by atoms with Crippen molar-refractivity contribution in [3.05, 3.63) is 40.5 Å². The molecule has 0 bridgehead atoms. The average molecular weight is 250 g/mol. The van der Waals surface area contributed by atoms with E-state index >= 15 is 0 Å². The Balaban J connectivity index is 2.20. The molecule has 0 amide bonds. The van der Waals surface area contributed by atoms with Crippen LogP contribution < -0.4 is 5.32 Å². The molecular formula is C13H15FN2S. The lowest BCUT2D eigenvalue weighted by molar-refractivity contribution is 0.628. The van der Waals surface area contributed by atoms with Crippen LogP contribution in [0, 0.1) is 5.82 Å². The summed E-state index contributed by atoms with van der Waals surface area (Å²) in [5.74, 6) is 0.187. The summed E-state index contributed by atoms with van der Waals surface area (Å²) < 4.78 is 12.8. The van der Waals surface area contributed by atoms with Crippen molar-refractivity contribution in [2.45, 2.75) is 12.8 Å². The van der Waals surface area contributed by atoms with E-state index in [2.05, 4.69) is 17.2 Å². The van der Waals surface area contributed by atoms with Gasteiger partial charge in [-0.15, -0.1) is 11.3 Å². The fourth-order valence-electron chi connectivity index (χ4n) is 1.66. The van der Waals surface area contributed by atoms with Gasteiger partial charge in [-0.3, -0.25) is 0 Å². The molecule has 2 aromatic rings. The van der Waals surface area contributed by atoms with Crippen molar-refractivity contribution in [1.82, 2.24) is 10.3 Å². The molecule has 90 valence electrons. The molecule has 1 unspecified atom stereocenters. The van der Waals surface area contributed by atoms with Crippen molar-refractivity contribution in [2.75, 3.05) is 13.6 Å². The number of nitrogens with zero attached hydrogens (tertiary/aromatic N) is 1. The summed E-state index contributed by atoms with van der Waals surface area (Å²) in [4.78, 5) is 4.58. The zero-order valence-electron chi connectivity index (χ0n) is 9.90. The lowest BCUT2D eigenvalue weighted by atomic mass is 10.1. The van der Waals surface area contributed by atoms with Gasteiger partial charge in [0.15, 0.2) is 0 Å². The van der Waals surface area contributed by atoms with Crippen LogP contribution >= 0.6 is 11.3 Å². The van der Waals surface area contributed by atoms with Crippen LogP contribution in [0.1, 0.15) is 17.8 Å². The maximum atomic E-state index is 12.8. The highest BCUT2D eigenvalue weighted by Gasteiger charge is 2.10. The number of halogens is 1. The van der Waals surface area contributed by atoms with Crippen LogP contribution in [0.3, 0.4) is 0 Å². The van der Waals surface area contributed by atoms with Gasteiger partial charge in [0.25, 0.3) is 0 Å². The molecule has 0 aliphatic heterocycles. The maximum absolute atomic E-state index is 12.8. The van der Waals surface area contributed by atoms with Crippen LogP contribution in [0.2, 0.25) is 0 Å². The van der Waals surface area contributed by atoms with Crippen molar-refractivity contribution in [3.63, 3.8) is 0 Å². The summed E-state index contributed by atoms with van der Waals surface area (Å²) in [6, 6.07) is 6.45. The van der Waals surface area contributed by atoms with Gasteiger partial charge in [-0.05, 0) is 31.3 Å². The maximum Gasteiger partial charge on any atom is 0.123 e. The Hall–Kier alpha value is -1.26. The molecule has 0 saturated carbocycles. The van der Waals surface area contributed by atoms with Gasteiger partial charge in [0.2, 0.25) is 0 Å². The van der Waals surface area contributed by atoms with E-state index in [1.165, 1.54) is 12.1 Å². The standard InChI is InChI=1S/C13H15FN2S/c1-9(7-15-2)13-16-12(8-17-13)10-3-5-11(14)6-4-10/h3-6,8-9,15H,7H2,1-2H3. The third kappa shape index (κ3) is 2.90. The van der Waals surface area contributed by atoms with Crippen molar-refractivity contribution in [1.29, 1.82) is 0 Å². The number of rotatable bonds is 4. The summed E-state index contributed by atoms with van der Waals surface area (Å²) in [5, 5.41) is 6.27. The molecule has 17 heavy (non-hydrogen) atoms. The van der Waals surface area contributed by atoms with Gasteiger partial charge in [0.1, 0.15) is 5.82 Å². The van der Waals surface area contributed by atoms with Crippen LogP contribution in [0.5, 0.6) is 0 Å². The molecule has 4 heteroatoms. The smallest absolute Gasteiger partial charge is 0.123 e. The molecule has 0 spiro atoms. The number of likely N-dealkylation sites (N-methyl/N-ethyl adjacent to an activating group) is 1. The fraction of sp³-hybridized carbons (Fsp3) is 0.308. The fourth-order valence-corrected chi connectivity index (χ4v) is 2.55. The predicted molar refractivity (Wildman–Crippen MR) is 69.8 cm³/mol. The van der Waals surface area contributed by atoms with Crippen molar-refractivity contribution in [3.8, 4) is 11.3 Å². The number of hydrogen-bond acceptors (Lipinski definition) is 3. The first-order chi connectivity index (χ1) is 8.20. The van der Waals surface area contributed by atoms with E-state index in [9.17, 15) is 4.39 Å². The molecule has 1 aromatic carbocycles. The zero-order valence-corrected chi connectivity index (χ0v) is 10.7. The Morgan fingerprint density at radius 2 is 2.06 bits per heavy atom. The summed E-state index contributed by atoms with van der Waals surface area (Å²) in [6.07, 6.45) is 0. The molecule has 0 aliphatic rings. The predicted octanol–water partition coefficient (Wildman–Crippen LogP) is 3.27. The van der Waals surface area contributed by atoms with E-state index < -0.39 is 0 Å². The average Bonchev–Trinajstić information content (AvgIpc) is 2.80. The Kier molecular flexibility index (Phi) is 3.86. The molecule has 0 saturated heterocycles. The number of benzene rings is 1. The SMILES string of the molecule is CNCC(C)c1nc(-c2ccc(F)cc2)cs1. The topological polar surface area (TPSA) is 24.9 Å².